The Hall–Kier alpha value is -1.88. The summed E-state index contributed by atoms with van der Waals surface area (Å²) in [6.45, 7) is 2.40. The van der Waals surface area contributed by atoms with E-state index in [1.54, 1.807) is 18.2 Å². The first-order valence-corrected chi connectivity index (χ1v) is 6.56. The van der Waals surface area contributed by atoms with Crippen LogP contribution in [0.3, 0.4) is 0 Å². The second-order valence-electron chi connectivity index (χ2n) is 4.53. The van der Waals surface area contributed by atoms with E-state index >= 15 is 0 Å². The van der Waals surface area contributed by atoms with Gasteiger partial charge >= 0.3 is 6.36 Å². The van der Waals surface area contributed by atoms with E-state index < -0.39 is 6.36 Å². The molecule has 0 spiro atoms. The van der Waals surface area contributed by atoms with Crippen LogP contribution in [0.4, 0.5) is 18.9 Å². The van der Waals surface area contributed by atoms with Gasteiger partial charge in [-0.05, 0) is 42.3 Å². The van der Waals surface area contributed by atoms with Crippen LogP contribution in [0.5, 0.6) is 5.75 Å². The smallest absolute Gasteiger partial charge is 0.406 e. The summed E-state index contributed by atoms with van der Waals surface area (Å²) in [6.07, 6.45) is -4.67. The fourth-order valence-corrected chi connectivity index (χ4v) is 1.97. The molecule has 0 atom stereocenters. The fraction of sp³-hybridized carbons (Fsp3) is 0.200. The average molecular weight is 316 g/mol. The zero-order chi connectivity index (χ0) is 15.5. The number of ether oxygens (including phenoxy) is 1. The third-order valence-electron chi connectivity index (χ3n) is 2.76. The first kappa shape index (κ1) is 15.5. The normalized spacial score (nSPS) is 11.3. The number of hydrogen-bond donors (Lipinski definition) is 1. The number of nitrogens with one attached hydrogen (secondary N) is 1. The van der Waals surface area contributed by atoms with Gasteiger partial charge in [0.25, 0.3) is 0 Å². The lowest BCUT2D eigenvalue weighted by Crippen LogP contribution is -2.17. The number of benzene rings is 2. The third-order valence-corrected chi connectivity index (χ3v) is 3.09. The van der Waals surface area contributed by atoms with E-state index in [9.17, 15) is 13.2 Å². The number of alkyl halides is 3. The van der Waals surface area contributed by atoms with Crippen LogP contribution in [-0.2, 0) is 6.54 Å². The van der Waals surface area contributed by atoms with Crippen molar-refractivity contribution >= 4 is 17.3 Å². The summed E-state index contributed by atoms with van der Waals surface area (Å²) in [5.74, 6) is -0.236. The maximum Gasteiger partial charge on any atom is 0.573 e. The van der Waals surface area contributed by atoms with Gasteiger partial charge in [0.2, 0.25) is 0 Å². The molecular weight excluding hydrogens is 303 g/mol. The lowest BCUT2D eigenvalue weighted by atomic mass is 10.2. The molecule has 6 heteroatoms. The fourth-order valence-electron chi connectivity index (χ4n) is 1.78. The maximum absolute atomic E-state index is 12.0. The molecule has 2 aromatic rings. The summed E-state index contributed by atoms with van der Waals surface area (Å²) < 4.78 is 39.9. The van der Waals surface area contributed by atoms with Gasteiger partial charge in [0.15, 0.2) is 0 Å². The van der Waals surface area contributed by atoms with Crippen LogP contribution in [0.1, 0.15) is 11.1 Å². The minimum Gasteiger partial charge on any atom is -0.406 e. The Balaban J connectivity index is 1.99. The van der Waals surface area contributed by atoms with Gasteiger partial charge in [0.05, 0.1) is 10.7 Å². The first-order valence-electron chi connectivity index (χ1n) is 6.18. The minimum atomic E-state index is -4.67. The van der Waals surface area contributed by atoms with Crippen molar-refractivity contribution in [1.29, 1.82) is 0 Å². The van der Waals surface area contributed by atoms with Crippen molar-refractivity contribution < 1.29 is 17.9 Å². The van der Waals surface area contributed by atoms with Crippen molar-refractivity contribution in [3.63, 3.8) is 0 Å². The van der Waals surface area contributed by atoms with E-state index in [1.807, 2.05) is 19.1 Å². The highest BCUT2D eigenvalue weighted by atomic mass is 35.5. The summed E-state index contributed by atoms with van der Waals surface area (Å²) in [7, 11) is 0. The second kappa shape index (κ2) is 6.26. The number of hydrogen-bond acceptors (Lipinski definition) is 2. The molecular formula is C15H13ClF3NO. The predicted molar refractivity (Wildman–Crippen MR) is 76.6 cm³/mol. The maximum atomic E-state index is 12.0. The van der Waals surface area contributed by atoms with Gasteiger partial charge in [-0.15, -0.1) is 13.2 Å². The zero-order valence-electron chi connectivity index (χ0n) is 11.2. The van der Waals surface area contributed by atoms with Crippen LogP contribution in [0.2, 0.25) is 5.02 Å². The Kier molecular flexibility index (Phi) is 4.63. The first-order chi connectivity index (χ1) is 9.83. The molecule has 0 bridgehead atoms. The number of aryl methyl sites for hydroxylation is 1. The van der Waals surface area contributed by atoms with Crippen LogP contribution in [0, 0.1) is 6.92 Å². The summed E-state index contributed by atoms with van der Waals surface area (Å²) in [4.78, 5) is 0. The molecule has 0 aliphatic rings. The van der Waals surface area contributed by atoms with Gasteiger partial charge in [-0.1, -0.05) is 29.8 Å². The van der Waals surface area contributed by atoms with Gasteiger partial charge in [-0.2, -0.15) is 0 Å². The Morgan fingerprint density at radius 3 is 2.38 bits per heavy atom. The van der Waals surface area contributed by atoms with Crippen molar-refractivity contribution in [1.82, 2.24) is 0 Å². The topological polar surface area (TPSA) is 21.3 Å². The molecule has 0 saturated carbocycles. The summed E-state index contributed by atoms with van der Waals surface area (Å²) in [5, 5.41) is 3.74. The Bertz CT molecular complexity index is 611. The van der Waals surface area contributed by atoms with Gasteiger partial charge in [-0.3, -0.25) is 0 Å². The van der Waals surface area contributed by atoms with Crippen molar-refractivity contribution in [2.45, 2.75) is 19.8 Å². The van der Waals surface area contributed by atoms with Crippen LogP contribution >= 0.6 is 11.6 Å². The molecule has 0 saturated heterocycles. The van der Waals surface area contributed by atoms with E-state index in [0.717, 1.165) is 16.8 Å². The molecule has 21 heavy (non-hydrogen) atoms. The quantitative estimate of drug-likeness (QED) is 0.841. The van der Waals surface area contributed by atoms with E-state index in [-0.39, 0.29) is 5.75 Å². The molecule has 0 unspecified atom stereocenters. The highest BCUT2D eigenvalue weighted by Crippen LogP contribution is 2.25. The molecule has 0 radical (unpaired) electrons. The molecule has 2 aromatic carbocycles. The van der Waals surface area contributed by atoms with Crippen LogP contribution in [0.25, 0.3) is 0 Å². The molecule has 1 N–H and O–H groups in total. The molecule has 2 rings (SSSR count). The molecule has 0 aliphatic carbocycles. The molecule has 0 heterocycles. The summed E-state index contributed by atoms with van der Waals surface area (Å²) >= 11 is 6.05. The van der Waals surface area contributed by atoms with Gasteiger partial charge in [0, 0.05) is 6.54 Å². The van der Waals surface area contributed by atoms with Crippen molar-refractivity contribution in [3.8, 4) is 5.75 Å². The lowest BCUT2D eigenvalue weighted by molar-refractivity contribution is -0.274. The molecule has 112 valence electrons. The van der Waals surface area contributed by atoms with Crippen molar-refractivity contribution in [2.24, 2.45) is 0 Å². The van der Waals surface area contributed by atoms with Gasteiger partial charge in [0.1, 0.15) is 5.75 Å². The average Bonchev–Trinajstić information content (AvgIpc) is 2.40. The molecule has 0 fully saturated rings. The lowest BCUT2D eigenvalue weighted by Gasteiger charge is -2.11. The van der Waals surface area contributed by atoms with Crippen molar-refractivity contribution in [3.05, 3.63) is 58.6 Å². The minimum absolute atomic E-state index is 0.236. The Labute approximate surface area is 125 Å². The van der Waals surface area contributed by atoms with Crippen LogP contribution in [0.15, 0.2) is 42.5 Å². The standard InChI is InChI=1S/C15H13ClF3NO/c1-10-2-7-13(16)14(8-10)20-9-11-3-5-12(6-4-11)21-15(17,18)19/h2-8,20H,9H2,1H3. The Morgan fingerprint density at radius 2 is 1.76 bits per heavy atom. The summed E-state index contributed by atoms with van der Waals surface area (Å²) in [6, 6.07) is 11.3. The monoisotopic (exact) mass is 315 g/mol. The molecule has 0 aromatic heterocycles. The van der Waals surface area contributed by atoms with Crippen LogP contribution in [-0.4, -0.2) is 6.36 Å². The third kappa shape index (κ3) is 4.86. The van der Waals surface area contributed by atoms with Gasteiger partial charge < -0.3 is 10.1 Å². The molecule has 2 nitrogen and oxygen atoms in total. The highest BCUT2D eigenvalue weighted by Gasteiger charge is 2.30. The van der Waals surface area contributed by atoms with Crippen LogP contribution < -0.4 is 10.1 Å². The number of halogens is 4. The molecule has 0 amide bonds. The van der Waals surface area contributed by atoms with E-state index in [1.165, 1.54) is 12.1 Å². The van der Waals surface area contributed by atoms with Gasteiger partial charge in [-0.25, -0.2) is 0 Å². The van der Waals surface area contributed by atoms with E-state index in [2.05, 4.69) is 10.1 Å². The largest absolute Gasteiger partial charge is 0.573 e. The van der Waals surface area contributed by atoms with Crippen molar-refractivity contribution in [2.75, 3.05) is 5.32 Å². The SMILES string of the molecule is Cc1ccc(Cl)c(NCc2ccc(OC(F)(F)F)cc2)c1. The number of rotatable bonds is 4. The van der Waals surface area contributed by atoms with E-state index in [4.69, 9.17) is 11.6 Å². The predicted octanol–water partition coefficient (Wildman–Crippen LogP) is 5.16. The zero-order valence-corrected chi connectivity index (χ0v) is 11.9. The second-order valence-corrected chi connectivity index (χ2v) is 4.94. The Morgan fingerprint density at radius 1 is 1.10 bits per heavy atom. The highest BCUT2D eigenvalue weighted by molar-refractivity contribution is 6.33. The molecule has 0 aliphatic heterocycles. The summed E-state index contributed by atoms with van der Waals surface area (Å²) in [5.41, 5.74) is 2.67. The van der Waals surface area contributed by atoms with E-state index in [0.29, 0.717) is 11.6 Å². The number of anilines is 1.